The third kappa shape index (κ3) is 2.71. The molecule has 0 aliphatic heterocycles. The van der Waals surface area contributed by atoms with Crippen LogP contribution in [0.2, 0.25) is 0 Å². The molecule has 0 aliphatic rings. The highest BCUT2D eigenvalue weighted by Crippen LogP contribution is 2.11. The number of pyridine rings is 1. The van der Waals surface area contributed by atoms with Crippen molar-refractivity contribution in [3.8, 4) is 11.9 Å². The van der Waals surface area contributed by atoms with Gasteiger partial charge < -0.3 is 4.74 Å². The highest BCUT2D eigenvalue weighted by atomic mass is 16.5. The van der Waals surface area contributed by atoms with Gasteiger partial charge in [0.15, 0.2) is 0 Å². The molecule has 0 radical (unpaired) electrons. The number of benzene rings is 1. The topological polar surface area (TPSA) is 63.0 Å². The van der Waals surface area contributed by atoms with Crippen LogP contribution < -0.4 is 4.74 Å². The van der Waals surface area contributed by atoms with E-state index in [4.69, 9.17) is 10.00 Å². The Hall–Kier alpha value is -2.67. The summed E-state index contributed by atoms with van der Waals surface area (Å²) in [4.78, 5) is 15.7. The second-order valence-corrected chi connectivity index (χ2v) is 3.76. The molecule has 0 atom stereocenters. The van der Waals surface area contributed by atoms with Crippen LogP contribution in [0.15, 0.2) is 42.6 Å². The summed E-state index contributed by atoms with van der Waals surface area (Å²) in [6.45, 7) is 1.90. The molecule has 2 aromatic rings. The van der Waals surface area contributed by atoms with Gasteiger partial charge in [-0.15, -0.1) is 0 Å². The van der Waals surface area contributed by atoms with Gasteiger partial charge in [-0.1, -0.05) is 17.7 Å². The summed E-state index contributed by atoms with van der Waals surface area (Å²) in [5, 5.41) is 8.62. The first-order valence-electron chi connectivity index (χ1n) is 5.34. The van der Waals surface area contributed by atoms with Gasteiger partial charge in [-0.25, -0.2) is 9.78 Å². The minimum absolute atomic E-state index is 0.181. The minimum atomic E-state index is -0.462. The number of carbonyl (C=O) groups excluding carboxylic acids is 1. The first-order valence-corrected chi connectivity index (χ1v) is 5.34. The predicted molar refractivity (Wildman–Crippen MR) is 65.1 cm³/mol. The number of hydrogen-bond donors (Lipinski definition) is 0. The number of nitrogens with zero attached hydrogens (tertiary/aromatic N) is 2. The van der Waals surface area contributed by atoms with E-state index in [0.717, 1.165) is 5.56 Å². The summed E-state index contributed by atoms with van der Waals surface area (Å²) in [5.74, 6) is -0.281. The van der Waals surface area contributed by atoms with Crippen molar-refractivity contribution in [2.24, 2.45) is 0 Å². The fourth-order valence-electron chi connectivity index (χ4n) is 1.43. The van der Waals surface area contributed by atoms with Crippen molar-refractivity contribution < 1.29 is 9.53 Å². The molecule has 88 valence electrons. The minimum Gasteiger partial charge on any atom is -0.404 e. The molecule has 4 heteroatoms. The van der Waals surface area contributed by atoms with Gasteiger partial charge in [0, 0.05) is 12.3 Å². The number of esters is 1. The zero-order chi connectivity index (χ0) is 13.0. The molecule has 2 rings (SSSR count). The first-order chi connectivity index (χ1) is 8.69. The Labute approximate surface area is 104 Å². The van der Waals surface area contributed by atoms with Crippen molar-refractivity contribution in [1.82, 2.24) is 4.98 Å². The second kappa shape index (κ2) is 5.11. The van der Waals surface area contributed by atoms with E-state index in [-0.39, 0.29) is 5.88 Å². The van der Waals surface area contributed by atoms with Crippen LogP contribution in [0.4, 0.5) is 0 Å². The summed E-state index contributed by atoms with van der Waals surface area (Å²) in [6.07, 6.45) is 1.36. The lowest BCUT2D eigenvalue weighted by Crippen LogP contribution is -2.09. The Morgan fingerprint density at radius 2 is 2.17 bits per heavy atom. The van der Waals surface area contributed by atoms with Crippen molar-refractivity contribution in [1.29, 1.82) is 5.26 Å². The molecule has 0 saturated heterocycles. The monoisotopic (exact) mass is 238 g/mol. The molecule has 0 N–H and O–H groups in total. The lowest BCUT2D eigenvalue weighted by molar-refractivity contribution is 0.0727. The zero-order valence-electron chi connectivity index (χ0n) is 9.75. The zero-order valence-corrected chi connectivity index (χ0v) is 9.75. The van der Waals surface area contributed by atoms with Crippen molar-refractivity contribution in [2.75, 3.05) is 0 Å². The SMILES string of the molecule is Cc1cccc(C(=O)Oc2ccc(C#N)cn2)c1. The Balaban J connectivity index is 2.14. The molecule has 1 aromatic heterocycles. The Morgan fingerprint density at radius 3 is 2.78 bits per heavy atom. The molecule has 1 heterocycles. The van der Waals surface area contributed by atoms with Gasteiger partial charge in [0.05, 0.1) is 11.1 Å². The van der Waals surface area contributed by atoms with Crippen LogP contribution in [0, 0.1) is 18.3 Å². The van der Waals surface area contributed by atoms with E-state index in [0.29, 0.717) is 11.1 Å². The summed E-state index contributed by atoms with van der Waals surface area (Å²) < 4.78 is 5.10. The molecule has 18 heavy (non-hydrogen) atoms. The lowest BCUT2D eigenvalue weighted by atomic mass is 10.1. The van der Waals surface area contributed by atoms with Crippen LogP contribution in [0.3, 0.4) is 0 Å². The number of rotatable bonds is 2. The third-order valence-electron chi connectivity index (χ3n) is 2.32. The molecule has 0 saturated carbocycles. The van der Waals surface area contributed by atoms with Crippen LogP contribution in [-0.2, 0) is 0 Å². The molecule has 0 spiro atoms. The molecular weight excluding hydrogens is 228 g/mol. The Kier molecular flexibility index (Phi) is 3.35. The number of carbonyl (C=O) groups is 1. The normalized spacial score (nSPS) is 9.56. The number of nitriles is 1. The summed E-state index contributed by atoms with van der Waals surface area (Å²) >= 11 is 0. The standard InChI is InChI=1S/C14H10N2O2/c1-10-3-2-4-12(7-10)14(17)18-13-6-5-11(8-15)9-16-13/h2-7,9H,1H3. The van der Waals surface area contributed by atoms with Crippen molar-refractivity contribution in [2.45, 2.75) is 6.92 Å². The van der Waals surface area contributed by atoms with Crippen LogP contribution in [0.1, 0.15) is 21.5 Å². The summed E-state index contributed by atoms with van der Waals surface area (Å²) in [6, 6.07) is 12.1. The highest BCUT2D eigenvalue weighted by molar-refractivity contribution is 5.91. The van der Waals surface area contributed by atoms with E-state index in [1.807, 2.05) is 19.1 Å². The smallest absolute Gasteiger partial charge is 0.344 e. The van der Waals surface area contributed by atoms with Crippen molar-refractivity contribution in [3.63, 3.8) is 0 Å². The number of aromatic nitrogens is 1. The fourth-order valence-corrected chi connectivity index (χ4v) is 1.43. The number of ether oxygens (including phenoxy) is 1. The van der Waals surface area contributed by atoms with Gasteiger partial charge in [0.1, 0.15) is 6.07 Å². The highest BCUT2D eigenvalue weighted by Gasteiger charge is 2.09. The van der Waals surface area contributed by atoms with Gasteiger partial charge >= 0.3 is 5.97 Å². The third-order valence-corrected chi connectivity index (χ3v) is 2.32. The lowest BCUT2D eigenvalue weighted by Gasteiger charge is -2.03. The van der Waals surface area contributed by atoms with Crippen LogP contribution >= 0.6 is 0 Å². The molecule has 1 aromatic carbocycles. The van der Waals surface area contributed by atoms with Gasteiger partial charge in [-0.05, 0) is 25.1 Å². The number of hydrogen-bond acceptors (Lipinski definition) is 4. The van der Waals surface area contributed by atoms with Gasteiger partial charge in [-0.2, -0.15) is 5.26 Å². The van der Waals surface area contributed by atoms with E-state index < -0.39 is 5.97 Å². The van der Waals surface area contributed by atoms with Crippen LogP contribution in [-0.4, -0.2) is 11.0 Å². The molecule has 0 fully saturated rings. The predicted octanol–water partition coefficient (Wildman–Crippen LogP) is 2.48. The van der Waals surface area contributed by atoms with E-state index >= 15 is 0 Å². The molecule has 0 aliphatic carbocycles. The Morgan fingerprint density at radius 1 is 1.33 bits per heavy atom. The van der Waals surface area contributed by atoms with Gasteiger partial charge in [-0.3, -0.25) is 0 Å². The van der Waals surface area contributed by atoms with Crippen molar-refractivity contribution in [3.05, 3.63) is 59.3 Å². The molecule has 0 amide bonds. The first kappa shape index (κ1) is 11.8. The summed E-state index contributed by atoms with van der Waals surface area (Å²) in [5.41, 5.74) is 1.88. The van der Waals surface area contributed by atoms with E-state index in [1.165, 1.54) is 12.3 Å². The number of aryl methyl sites for hydroxylation is 1. The maximum atomic E-state index is 11.8. The molecular formula is C14H10N2O2. The quantitative estimate of drug-likeness (QED) is 0.754. The molecule has 4 nitrogen and oxygen atoms in total. The largest absolute Gasteiger partial charge is 0.404 e. The van der Waals surface area contributed by atoms with E-state index in [2.05, 4.69) is 4.98 Å². The summed E-state index contributed by atoms with van der Waals surface area (Å²) in [7, 11) is 0. The van der Waals surface area contributed by atoms with Crippen molar-refractivity contribution >= 4 is 5.97 Å². The average Bonchev–Trinajstić information content (AvgIpc) is 2.39. The fraction of sp³-hybridized carbons (Fsp3) is 0.0714. The second-order valence-electron chi connectivity index (χ2n) is 3.76. The van der Waals surface area contributed by atoms with Crippen LogP contribution in [0.25, 0.3) is 0 Å². The maximum absolute atomic E-state index is 11.8. The van der Waals surface area contributed by atoms with Gasteiger partial charge in [0.25, 0.3) is 0 Å². The van der Waals surface area contributed by atoms with E-state index in [9.17, 15) is 4.79 Å². The van der Waals surface area contributed by atoms with Gasteiger partial charge in [0.2, 0.25) is 5.88 Å². The Bertz CT molecular complexity index is 612. The molecule has 0 bridgehead atoms. The average molecular weight is 238 g/mol. The van der Waals surface area contributed by atoms with E-state index in [1.54, 1.807) is 24.3 Å². The van der Waals surface area contributed by atoms with Crippen LogP contribution in [0.5, 0.6) is 5.88 Å². The molecule has 0 unspecified atom stereocenters. The maximum Gasteiger partial charge on any atom is 0.344 e.